The molecular formula is C15H24N2O. The highest BCUT2D eigenvalue weighted by atomic mass is 16.2. The van der Waals surface area contributed by atoms with Crippen molar-refractivity contribution in [2.75, 3.05) is 26.2 Å². The van der Waals surface area contributed by atoms with E-state index in [1.165, 1.54) is 38.6 Å². The molecule has 4 rings (SSSR count). The van der Waals surface area contributed by atoms with Gasteiger partial charge in [0.2, 0.25) is 5.91 Å². The highest BCUT2D eigenvalue weighted by Crippen LogP contribution is 2.56. The minimum Gasteiger partial charge on any atom is -0.342 e. The predicted octanol–water partition coefficient (Wildman–Crippen LogP) is 1.49. The van der Waals surface area contributed by atoms with Crippen molar-refractivity contribution in [2.24, 2.45) is 29.6 Å². The lowest BCUT2D eigenvalue weighted by atomic mass is 9.88. The molecular weight excluding hydrogens is 224 g/mol. The summed E-state index contributed by atoms with van der Waals surface area (Å²) in [6, 6.07) is 0. The van der Waals surface area contributed by atoms with E-state index in [0.717, 1.165) is 43.3 Å². The number of carbonyl (C=O) groups excluding carboxylic acids is 1. The van der Waals surface area contributed by atoms with E-state index >= 15 is 0 Å². The maximum atomic E-state index is 12.6. The summed E-state index contributed by atoms with van der Waals surface area (Å²) < 4.78 is 0. The van der Waals surface area contributed by atoms with Gasteiger partial charge in [-0.25, -0.2) is 0 Å². The molecule has 1 N–H and O–H groups in total. The summed E-state index contributed by atoms with van der Waals surface area (Å²) in [4.78, 5) is 14.8. The number of fused-ring (bicyclic) bond motifs is 2. The van der Waals surface area contributed by atoms with E-state index in [9.17, 15) is 4.79 Å². The molecule has 0 bridgehead atoms. The lowest BCUT2D eigenvalue weighted by Gasteiger charge is -2.34. The second-order valence-corrected chi connectivity index (χ2v) is 6.89. The van der Waals surface area contributed by atoms with Gasteiger partial charge in [-0.3, -0.25) is 4.79 Å². The molecule has 3 nitrogen and oxygen atoms in total. The average molecular weight is 248 g/mol. The first-order valence-corrected chi connectivity index (χ1v) is 7.84. The van der Waals surface area contributed by atoms with Gasteiger partial charge >= 0.3 is 0 Å². The van der Waals surface area contributed by atoms with Crippen molar-refractivity contribution in [1.29, 1.82) is 0 Å². The highest BCUT2D eigenvalue weighted by Gasteiger charge is 2.56. The molecule has 4 aliphatic rings. The largest absolute Gasteiger partial charge is 0.342 e. The summed E-state index contributed by atoms with van der Waals surface area (Å²) in [6.45, 7) is 4.37. The monoisotopic (exact) mass is 248 g/mol. The zero-order valence-corrected chi connectivity index (χ0v) is 11.1. The molecule has 4 fully saturated rings. The van der Waals surface area contributed by atoms with Crippen LogP contribution in [0.1, 0.15) is 32.1 Å². The van der Waals surface area contributed by atoms with Crippen LogP contribution in [0.4, 0.5) is 0 Å². The van der Waals surface area contributed by atoms with Crippen LogP contribution in [-0.4, -0.2) is 37.0 Å². The predicted molar refractivity (Wildman–Crippen MR) is 70.0 cm³/mol. The number of likely N-dealkylation sites (tertiary alicyclic amines) is 1. The Morgan fingerprint density at radius 3 is 2.50 bits per heavy atom. The highest BCUT2D eigenvalue weighted by molar-refractivity contribution is 5.82. The Morgan fingerprint density at radius 2 is 1.72 bits per heavy atom. The molecule has 18 heavy (non-hydrogen) atoms. The molecule has 2 aliphatic carbocycles. The van der Waals surface area contributed by atoms with Gasteiger partial charge in [0.05, 0.1) is 0 Å². The number of hydrogen-bond acceptors (Lipinski definition) is 2. The Kier molecular flexibility index (Phi) is 2.65. The van der Waals surface area contributed by atoms with E-state index in [1.807, 2.05) is 0 Å². The SMILES string of the molecule is O=C(C1C2CCCCC21)N1CCC2CNCC2C1. The number of rotatable bonds is 1. The Bertz CT molecular complexity index is 344. The van der Waals surface area contributed by atoms with E-state index in [2.05, 4.69) is 10.2 Å². The van der Waals surface area contributed by atoms with Crippen LogP contribution in [-0.2, 0) is 4.79 Å². The molecule has 0 spiro atoms. The van der Waals surface area contributed by atoms with E-state index < -0.39 is 0 Å². The average Bonchev–Trinajstić information content (AvgIpc) is 2.95. The van der Waals surface area contributed by atoms with Crippen LogP contribution in [0.25, 0.3) is 0 Å². The Labute approximate surface area is 109 Å². The van der Waals surface area contributed by atoms with Gasteiger partial charge in [0.1, 0.15) is 0 Å². The molecule has 0 radical (unpaired) electrons. The number of nitrogens with zero attached hydrogens (tertiary/aromatic N) is 1. The van der Waals surface area contributed by atoms with Crippen LogP contribution in [0.3, 0.4) is 0 Å². The van der Waals surface area contributed by atoms with Gasteiger partial charge < -0.3 is 10.2 Å². The van der Waals surface area contributed by atoms with E-state index in [0.29, 0.717) is 11.8 Å². The van der Waals surface area contributed by atoms with Gasteiger partial charge in [0.25, 0.3) is 0 Å². The van der Waals surface area contributed by atoms with Crippen molar-refractivity contribution in [3.05, 3.63) is 0 Å². The molecule has 2 heterocycles. The quantitative estimate of drug-likeness (QED) is 0.762. The number of hydrogen-bond donors (Lipinski definition) is 1. The van der Waals surface area contributed by atoms with Gasteiger partial charge in [0.15, 0.2) is 0 Å². The smallest absolute Gasteiger partial charge is 0.226 e. The molecule has 1 amide bonds. The molecule has 4 atom stereocenters. The van der Waals surface area contributed by atoms with Crippen molar-refractivity contribution >= 4 is 5.91 Å². The summed E-state index contributed by atoms with van der Waals surface area (Å²) in [5.74, 6) is 4.06. The van der Waals surface area contributed by atoms with Crippen molar-refractivity contribution in [3.63, 3.8) is 0 Å². The summed E-state index contributed by atoms with van der Waals surface area (Å²) in [5, 5.41) is 3.48. The van der Waals surface area contributed by atoms with Crippen LogP contribution in [0.15, 0.2) is 0 Å². The summed E-state index contributed by atoms with van der Waals surface area (Å²) in [6.07, 6.45) is 6.59. The Hall–Kier alpha value is -0.570. The molecule has 3 heteroatoms. The molecule has 2 saturated carbocycles. The Balaban J connectivity index is 1.40. The van der Waals surface area contributed by atoms with Crippen molar-refractivity contribution in [2.45, 2.75) is 32.1 Å². The van der Waals surface area contributed by atoms with Crippen molar-refractivity contribution in [1.82, 2.24) is 10.2 Å². The van der Waals surface area contributed by atoms with Gasteiger partial charge in [-0.05, 0) is 56.0 Å². The standard InChI is InChI=1S/C15H24N2O/c18-15(14-12-3-1-2-4-13(12)14)17-6-5-10-7-16-8-11(10)9-17/h10-14,16H,1-9H2. The first-order chi connectivity index (χ1) is 8.84. The van der Waals surface area contributed by atoms with Gasteiger partial charge in [-0.2, -0.15) is 0 Å². The zero-order chi connectivity index (χ0) is 12.1. The normalized spacial score (nSPS) is 46.4. The number of piperidine rings is 1. The van der Waals surface area contributed by atoms with Crippen LogP contribution < -0.4 is 5.32 Å². The van der Waals surface area contributed by atoms with Crippen molar-refractivity contribution < 1.29 is 4.79 Å². The third-order valence-corrected chi connectivity index (χ3v) is 5.96. The summed E-state index contributed by atoms with van der Waals surface area (Å²) >= 11 is 0. The lowest BCUT2D eigenvalue weighted by molar-refractivity contribution is -0.135. The molecule has 2 aliphatic heterocycles. The first-order valence-electron chi connectivity index (χ1n) is 7.84. The topological polar surface area (TPSA) is 32.3 Å². The van der Waals surface area contributed by atoms with Gasteiger partial charge in [0, 0.05) is 19.0 Å². The third-order valence-electron chi connectivity index (χ3n) is 5.96. The molecule has 4 unspecified atom stereocenters. The molecule has 0 aromatic carbocycles. The van der Waals surface area contributed by atoms with E-state index in [1.54, 1.807) is 0 Å². The second-order valence-electron chi connectivity index (χ2n) is 6.89. The third kappa shape index (κ3) is 1.70. The number of carbonyl (C=O) groups is 1. The fourth-order valence-corrected chi connectivity index (χ4v) is 4.80. The van der Waals surface area contributed by atoms with Crippen LogP contribution in [0.2, 0.25) is 0 Å². The second kappa shape index (κ2) is 4.22. The molecule has 100 valence electrons. The maximum absolute atomic E-state index is 12.6. The molecule has 0 aromatic rings. The van der Waals surface area contributed by atoms with E-state index in [-0.39, 0.29) is 0 Å². The fraction of sp³-hybridized carbons (Fsp3) is 0.933. The summed E-state index contributed by atoms with van der Waals surface area (Å²) in [5.41, 5.74) is 0. The maximum Gasteiger partial charge on any atom is 0.226 e. The van der Waals surface area contributed by atoms with Crippen LogP contribution in [0.5, 0.6) is 0 Å². The lowest BCUT2D eigenvalue weighted by Crippen LogP contribution is -2.44. The number of nitrogens with one attached hydrogen (secondary N) is 1. The zero-order valence-electron chi connectivity index (χ0n) is 11.1. The van der Waals surface area contributed by atoms with Gasteiger partial charge in [-0.1, -0.05) is 12.8 Å². The van der Waals surface area contributed by atoms with Crippen LogP contribution >= 0.6 is 0 Å². The molecule has 2 saturated heterocycles. The van der Waals surface area contributed by atoms with E-state index in [4.69, 9.17) is 0 Å². The van der Waals surface area contributed by atoms with Crippen molar-refractivity contribution in [3.8, 4) is 0 Å². The number of amides is 1. The Morgan fingerprint density at radius 1 is 1.00 bits per heavy atom. The fourth-order valence-electron chi connectivity index (χ4n) is 4.80. The minimum atomic E-state index is 0.429. The van der Waals surface area contributed by atoms with Gasteiger partial charge in [-0.15, -0.1) is 0 Å². The summed E-state index contributed by atoms with van der Waals surface area (Å²) in [7, 11) is 0. The minimum absolute atomic E-state index is 0.429. The van der Waals surface area contributed by atoms with Crippen LogP contribution in [0, 0.1) is 29.6 Å². The molecule has 0 aromatic heterocycles. The first kappa shape index (κ1) is 11.3.